The summed E-state index contributed by atoms with van der Waals surface area (Å²) < 4.78 is 14.6. The Morgan fingerprint density at radius 2 is 1.50 bits per heavy atom. The molecule has 1 aromatic carbocycles. The number of ketones is 2. The second-order valence-electron chi connectivity index (χ2n) is 8.57. The first-order valence-corrected chi connectivity index (χ1v) is 11.0. The van der Waals surface area contributed by atoms with Crippen molar-refractivity contribution < 1.29 is 18.8 Å². The molecule has 1 fully saturated rings. The quantitative estimate of drug-likeness (QED) is 0.544. The predicted octanol–water partition coefficient (Wildman–Crippen LogP) is 2.81. The molecule has 174 valence electrons. The van der Waals surface area contributed by atoms with E-state index in [1.165, 1.54) is 18.5 Å². The summed E-state index contributed by atoms with van der Waals surface area (Å²) in [4.78, 5) is 49.0. The Morgan fingerprint density at radius 1 is 0.941 bits per heavy atom. The Hall–Kier alpha value is -3.78. The van der Waals surface area contributed by atoms with Crippen LogP contribution in [-0.4, -0.2) is 52.0 Å². The molecule has 1 saturated heterocycles. The number of benzene rings is 1. The number of amides is 1. The monoisotopic (exact) mass is 460 g/mol. The van der Waals surface area contributed by atoms with Crippen LogP contribution in [0.4, 0.5) is 4.39 Å². The van der Waals surface area contributed by atoms with E-state index in [4.69, 9.17) is 5.73 Å². The van der Waals surface area contributed by atoms with E-state index in [0.717, 1.165) is 0 Å². The number of hydrogen-bond acceptors (Lipinski definition) is 6. The molecule has 1 aliphatic heterocycles. The van der Waals surface area contributed by atoms with E-state index in [0.29, 0.717) is 22.3 Å². The van der Waals surface area contributed by atoms with Crippen LogP contribution in [0.3, 0.4) is 0 Å². The van der Waals surface area contributed by atoms with E-state index in [1.807, 2.05) is 0 Å². The fourth-order valence-corrected chi connectivity index (χ4v) is 4.84. The van der Waals surface area contributed by atoms with E-state index in [-0.39, 0.29) is 31.2 Å². The number of Topliss-reactive ketones (excluding diaryl/α,β-unsaturated/α-hetero) is 2. The lowest BCUT2D eigenvalue weighted by Crippen LogP contribution is -2.52. The summed E-state index contributed by atoms with van der Waals surface area (Å²) in [5.41, 5.74) is 7.23. The molecule has 34 heavy (non-hydrogen) atoms. The van der Waals surface area contributed by atoms with Crippen molar-refractivity contribution >= 4 is 17.5 Å². The van der Waals surface area contributed by atoms with Crippen LogP contribution in [0.2, 0.25) is 0 Å². The topological polar surface area (TPSA) is 106 Å². The molecule has 1 aliphatic rings. The van der Waals surface area contributed by atoms with Crippen LogP contribution in [0.25, 0.3) is 0 Å². The average Bonchev–Trinajstić information content (AvgIpc) is 2.85. The Kier molecular flexibility index (Phi) is 6.88. The van der Waals surface area contributed by atoms with Crippen molar-refractivity contribution in [2.75, 3.05) is 19.6 Å². The molecule has 0 aliphatic carbocycles. The molecule has 4 rings (SSSR count). The first-order chi connectivity index (χ1) is 16.4. The maximum Gasteiger partial charge on any atom is 0.231 e. The van der Waals surface area contributed by atoms with Crippen molar-refractivity contribution in [3.05, 3.63) is 95.3 Å². The number of aromatic nitrogens is 2. The summed E-state index contributed by atoms with van der Waals surface area (Å²) in [6, 6.07) is 11.4. The number of carbonyl (C=O) groups excluding carboxylic acids is 3. The normalized spacial score (nSPS) is 20.6. The van der Waals surface area contributed by atoms with Crippen molar-refractivity contribution in [1.29, 1.82) is 0 Å². The SMILES string of the molecule is Cc1c(F)cccc1[C@H]1[C@@H](C(=O)c2cccnc2)CN(CC(N)=O)C[C@H]1C(=O)c1cccnc1. The van der Waals surface area contributed by atoms with Crippen LogP contribution in [0.15, 0.2) is 67.3 Å². The summed E-state index contributed by atoms with van der Waals surface area (Å²) in [7, 11) is 0. The van der Waals surface area contributed by atoms with Gasteiger partial charge in [0, 0.05) is 66.8 Å². The number of pyridine rings is 2. The van der Waals surface area contributed by atoms with Crippen molar-refractivity contribution in [3.8, 4) is 0 Å². The van der Waals surface area contributed by atoms with Crippen LogP contribution in [0, 0.1) is 24.6 Å². The summed E-state index contributed by atoms with van der Waals surface area (Å²) in [5.74, 6) is -3.45. The Balaban J connectivity index is 1.86. The number of nitrogens with two attached hydrogens (primary N) is 1. The average molecular weight is 461 g/mol. The van der Waals surface area contributed by atoms with Gasteiger partial charge in [-0.05, 0) is 48.4 Å². The molecule has 2 N–H and O–H groups in total. The van der Waals surface area contributed by atoms with Crippen LogP contribution >= 0.6 is 0 Å². The molecule has 2 aromatic heterocycles. The lowest BCUT2D eigenvalue weighted by Gasteiger charge is -2.43. The second-order valence-corrected chi connectivity index (χ2v) is 8.57. The number of primary amides is 1. The van der Waals surface area contributed by atoms with Crippen molar-refractivity contribution in [2.24, 2.45) is 17.6 Å². The van der Waals surface area contributed by atoms with Gasteiger partial charge in [0.1, 0.15) is 5.82 Å². The van der Waals surface area contributed by atoms with Gasteiger partial charge in [-0.3, -0.25) is 29.3 Å². The van der Waals surface area contributed by atoms with Gasteiger partial charge in [-0.15, -0.1) is 0 Å². The number of piperidine rings is 1. The summed E-state index contributed by atoms with van der Waals surface area (Å²) in [5, 5.41) is 0. The number of rotatable bonds is 7. The summed E-state index contributed by atoms with van der Waals surface area (Å²) >= 11 is 0. The van der Waals surface area contributed by atoms with Gasteiger partial charge < -0.3 is 5.73 Å². The van der Waals surface area contributed by atoms with E-state index < -0.39 is 29.5 Å². The molecule has 0 radical (unpaired) electrons. The van der Waals surface area contributed by atoms with E-state index in [1.54, 1.807) is 60.6 Å². The smallest absolute Gasteiger partial charge is 0.231 e. The molecule has 1 amide bonds. The third kappa shape index (κ3) is 4.77. The van der Waals surface area contributed by atoms with E-state index >= 15 is 0 Å². The molecule has 3 aromatic rings. The molecule has 0 spiro atoms. The molecule has 7 nitrogen and oxygen atoms in total. The van der Waals surface area contributed by atoms with Gasteiger partial charge >= 0.3 is 0 Å². The summed E-state index contributed by atoms with van der Waals surface area (Å²) in [6.07, 6.45) is 6.09. The molecule has 8 heteroatoms. The summed E-state index contributed by atoms with van der Waals surface area (Å²) in [6.45, 7) is 1.96. The zero-order valence-corrected chi connectivity index (χ0v) is 18.7. The molecule has 0 unspecified atom stereocenters. The Labute approximate surface area is 196 Å². The molecule has 3 heterocycles. The van der Waals surface area contributed by atoms with Crippen LogP contribution in [0.5, 0.6) is 0 Å². The number of hydrogen-bond donors (Lipinski definition) is 1. The molecule has 0 bridgehead atoms. The second kappa shape index (κ2) is 10.0. The Bertz CT molecular complexity index is 1140. The number of nitrogens with zero attached hydrogens (tertiary/aromatic N) is 3. The Morgan fingerprint density at radius 3 is 1.97 bits per heavy atom. The first kappa shape index (κ1) is 23.4. The minimum Gasteiger partial charge on any atom is -0.369 e. The molecule has 3 atom stereocenters. The minimum atomic E-state index is -0.719. The van der Waals surface area contributed by atoms with E-state index in [9.17, 15) is 18.8 Å². The largest absolute Gasteiger partial charge is 0.369 e. The minimum absolute atomic E-state index is 0.0947. The lowest BCUT2D eigenvalue weighted by atomic mass is 9.68. The number of halogens is 1. The van der Waals surface area contributed by atoms with Crippen molar-refractivity contribution in [2.45, 2.75) is 12.8 Å². The predicted molar refractivity (Wildman–Crippen MR) is 124 cm³/mol. The molecular formula is C26H25FN4O3. The molecular weight excluding hydrogens is 435 g/mol. The fraction of sp³-hybridized carbons (Fsp3) is 0.269. The number of likely N-dealkylation sites (tertiary alicyclic amines) is 1. The van der Waals surface area contributed by atoms with Gasteiger partial charge in [0.05, 0.1) is 6.54 Å². The van der Waals surface area contributed by atoms with Crippen LogP contribution < -0.4 is 5.73 Å². The van der Waals surface area contributed by atoms with Gasteiger partial charge in [0.2, 0.25) is 5.91 Å². The zero-order valence-electron chi connectivity index (χ0n) is 18.7. The maximum atomic E-state index is 14.6. The third-order valence-corrected chi connectivity index (χ3v) is 6.39. The molecule has 0 saturated carbocycles. The van der Waals surface area contributed by atoms with Gasteiger partial charge in [-0.2, -0.15) is 0 Å². The lowest BCUT2D eigenvalue weighted by molar-refractivity contribution is -0.119. The zero-order chi connectivity index (χ0) is 24.2. The number of carbonyl (C=O) groups is 3. The van der Waals surface area contributed by atoms with Crippen molar-refractivity contribution in [3.63, 3.8) is 0 Å². The van der Waals surface area contributed by atoms with Gasteiger partial charge in [-0.25, -0.2) is 4.39 Å². The van der Waals surface area contributed by atoms with Crippen LogP contribution in [-0.2, 0) is 4.79 Å². The highest BCUT2D eigenvalue weighted by Gasteiger charge is 2.45. The van der Waals surface area contributed by atoms with Gasteiger partial charge in [0.15, 0.2) is 11.6 Å². The third-order valence-electron chi connectivity index (χ3n) is 6.39. The maximum absolute atomic E-state index is 14.6. The van der Waals surface area contributed by atoms with E-state index in [2.05, 4.69) is 9.97 Å². The standard InChI is InChI=1S/C26H25FN4O3/c1-16-19(7-2-8-22(16)27)24-20(25(33)17-5-3-9-29-11-17)13-31(15-23(28)32)14-21(24)26(34)18-6-4-10-30-12-18/h2-12,20-21,24H,13-15H2,1H3,(H2,28,32)/t20-,21+,24-. The van der Waals surface area contributed by atoms with Gasteiger partial charge in [-0.1, -0.05) is 12.1 Å². The van der Waals surface area contributed by atoms with Gasteiger partial charge in [0.25, 0.3) is 0 Å². The van der Waals surface area contributed by atoms with Crippen LogP contribution in [0.1, 0.15) is 37.8 Å². The fourth-order valence-electron chi connectivity index (χ4n) is 4.84. The highest BCUT2D eigenvalue weighted by molar-refractivity contribution is 6.02. The highest BCUT2D eigenvalue weighted by atomic mass is 19.1. The highest BCUT2D eigenvalue weighted by Crippen LogP contribution is 2.42. The first-order valence-electron chi connectivity index (χ1n) is 11.0. The van der Waals surface area contributed by atoms with Crippen molar-refractivity contribution in [1.82, 2.24) is 14.9 Å².